The Morgan fingerprint density at radius 2 is 2.07 bits per heavy atom. The number of benzene rings is 1. The van der Waals surface area contributed by atoms with Crippen molar-refractivity contribution in [1.82, 2.24) is 5.32 Å². The molecule has 0 unspecified atom stereocenters. The highest BCUT2D eigenvalue weighted by molar-refractivity contribution is 6.42. The van der Waals surface area contributed by atoms with Crippen LogP contribution < -0.4 is 5.32 Å². The lowest BCUT2D eigenvalue weighted by molar-refractivity contribution is 0.534. The fourth-order valence-corrected chi connectivity index (χ4v) is 1.50. The van der Waals surface area contributed by atoms with Crippen molar-refractivity contribution < 1.29 is 0 Å². The molecule has 0 fully saturated rings. The molecule has 1 rings (SSSR count). The Labute approximate surface area is 95.4 Å². The van der Waals surface area contributed by atoms with Crippen molar-refractivity contribution in [2.45, 2.75) is 32.9 Å². The van der Waals surface area contributed by atoms with Crippen LogP contribution in [0.3, 0.4) is 0 Å². The molecule has 0 spiro atoms. The van der Waals surface area contributed by atoms with Gasteiger partial charge in [0, 0.05) is 12.6 Å². The molecule has 0 aliphatic heterocycles. The lowest BCUT2D eigenvalue weighted by Crippen LogP contribution is -2.24. The van der Waals surface area contributed by atoms with Gasteiger partial charge in [-0.05, 0) is 25.0 Å². The molecule has 3 heteroatoms. The molecule has 1 N–H and O–H groups in total. The Bertz CT molecular complexity index is 299. The van der Waals surface area contributed by atoms with E-state index in [-0.39, 0.29) is 0 Å². The number of hydrogen-bond acceptors (Lipinski definition) is 1. The quantitative estimate of drug-likeness (QED) is 0.830. The molecule has 0 heterocycles. The fraction of sp³-hybridized carbons (Fsp3) is 0.455. The first-order chi connectivity index (χ1) is 6.65. The van der Waals surface area contributed by atoms with E-state index >= 15 is 0 Å². The Morgan fingerprint density at radius 3 is 2.71 bits per heavy atom. The molecule has 1 aromatic carbocycles. The van der Waals surface area contributed by atoms with E-state index in [9.17, 15) is 0 Å². The van der Waals surface area contributed by atoms with Crippen molar-refractivity contribution in [2.24, 2.45) is 0 Å². The monoisotopic (exact) mass is 231 g/mol. The van der Waals surface area contributed by atoms with Crippen LogP contribution in [0.4, 0.5) is 0 Å². The van der Waals surface area contributed by atoms with E-state index in [4.69, 9.17) is 23.2 Å². The number of hydrogen-bond donors (Lipinski definition) is 1. The predicted molar refractivity (Wildman–Crippen MR) is 63.1 cm³/mol. The third kappa shape index (κ3) is 3.16. The maximum Gasteiger partial charge on any atom is 0.0637 e. The van der Waals surface area contributed by atoms with Gasteiger partial charge in [-0.2, -0.15) is 0 Å². The molecule has 1 nitrogen and oxygen atoms in total. The number of nitrogens with one attached hydrogen (secondary N) is 1. The zero-order chi connectivity index (χ0) is 10.6. The van der Waals surface area contributed by atoms with Crippen LogP contribution in [-0.2, 0) is 6.54 Å². The summed E-state index contributed by atoms with van der Waals surface area (Å²) in [6, 6.07) is 6.22. The fourth-order valence-electron chi connectivity index (χ4n) is 1.11. The Morgan fingerprint density at radius 1 is 1.36 bits per heavy atom. The third-order valence-electron chi connectivity index (χ3n) is 2.28. The minimum absolute atomic E-state index is 0.505. The zero-order valence-corrected chi connectivity index (χ0v) is 9.99. The third-order valence-corrected chi connectivity index (χ3v) is 3.14. The van der Waals surface area contributed by atoms with E-state index in [1.165, 1.54) is 0 Å². The van der Waals surface area contributed by atoms with Gasteiger partial charge in [0.15, 0.2) is 0 Å². The summed E-state index contributed by atoms with van der Waals surface area (Å²) in [7, 11) is 0. The van der Waals surface area contributed by atoms with Gasteiger partial charge in [-0.1, -0.05) is 42.3 Å². The van der Waals surface area contributed by atoms with Gasteiger partial charge in [0.05, 0.1) is 10.0 Å². The van der Waals surface area contributed by atoms with Gasteiger partial charge in [0.1, 0.15) is 0 Å². The second-order valence-corrected chi connectivity index (χ2v) is 4.19. The Balaban J connectivity index is 2.63. The van der Waals surface area contributed by atoms with Gasteiger partial charge < -0.3 is 5.32 Å². The molecule has 0 aliphatic rings. The van der Waals surface area contributed by atoms with Crippen LogP contribution in [0.5, 0.6) is 0 Å². The van der Waals surface area contributed by atoms with Gasteiger partial charge >= 0.3 is 0 Å². The normalized spacial score (nSPS) is 12.9. The first-order valence-electron chi connectivity index (χ1n) is 4.81. The van der Waals surface area contributed by atoms with Crippen LogP contribution in [0, 0.1) is 0 Å². The lowest BCUT2D eigenvalue weighted by Gasteiger charge is -2.12. The summed E-state index contributed by atoms with van der Waals surface area (Å²) >= 11 is 12.0. The average Bonchev–Trinajstić information content (AvgIpc) is 2.20. The van der Waals surface area contributed by atoms with Crippen LogP contribution in [0.2, 0.25) is 10.0 Å². The molecule has 0 aliphatic carbocycles. The van der Waals surface area contributed by atoms with Crippen molar-refractivity contribution >= 4 is 23.2 Å². The standard InChI is InChI=1S/C11H15Cl2N/c1-3-8(2)14-7-9-5-4-6-10(12)11(9)13/h4-6,8,14H,3,7H2,1-2H3/t8-/m0/s1. The summed E-state index contributed by atoms with van der Waals surface area (Å²) in [6.07, 6.45) is 1.11. The first-order valence-corrected chi connectivity index (χ1v) is 5.57. The molecular weight excluding hydrogens is 217 g/mol. The molecule has 0 saturated carbocycles. The highest BCUT2D eigenvalue weighted by Crippen LogP contribution is 2.25. The van der Waals surface area contributed by atoms with Gasteiger partial charge in [0.25, 0.3) is 0 Å². The molecular formula is C11H15Cl2N. The second-order valence-electron chi connectivity index (χ2n) is 3.40. The van der Waals surface area contributed by atoms with Gasteiger partial charge in [-0.3, -0.25) is 0 Å². The van der Waals surface area contributed by atoms with Crippen LogP contribution in [-0.4, -0.2) is 6.04 Å². The van der Waals surface area contributed by atoms with Crippen molar-refractivity contribution in [2.75, 3.05) is 0 Å². The summed E-state index contributed by atoms with van der Waals surface area (Å²) in [4.78, 5) is 0. The molecule has 0 saturated heterocycles. The highest BCUT2D eigenvalue weighted by atomic mass is 35.5. The zero-order valence-electron chi connectivity index (χ0n) is 8.48. The van der Waals surface area contributed by atoms with Crippen molar-refractivity contribution in [3.63, 3.8) is 0 Å². The van der Waals surface area contributed by atoms with Crippen molar-refractivity contribution in [3.8, 4) is 0 Å². The molecule has 0 bridgehead atoms. The average molecular weight is 232 g/mol. The minimum Gasteiger partial charge on any atom is -0.310 e. The largest absolute Gasteiger partial charge is 0.310 e. The van der Waals surface area contributed by atoms with E-state index in [1.807, 2.05) is 12.1 Å². The van der Waals surface area contributed by atoms with Gasteiger partial charge in [-0.25, -0.2) is 0 Å². The summed E-state index contributed by atoms with van der Waals surface area (Å²) in [5.41, 5.74) is 1.06. The van der Waals surface area contributed by atoms with Crippen LogP contribution in [0.1, 0.15) is 25.8 Å². The Hall–Kier alpha value is -0.240. The van der Waals surface area contributed by atoms with Crippen molar-refractivity contribution in [3.05, 3.63) is 33.8 Å². The molecule has 1 aromatic rings. The minimum atomic E-state index is 0.505. The van der Waals surface area contributed by atoms with E-state index in [0.717, 1.165) is 18.5 Å². The summed E-state index contributed by atoms with van der Waals surface area (Å²) in [5.74, 6) is 0. The summed E-state index contributed by atoms with van der Waals surface area (Å²) < 4.78 is 0. The van der Waals surface area contributed by atoms with Gasteiger partial charge in [0.2, 0.25) is 0 Å². The van der Waals surface area contributed by atoms with Crippen LogP contribution in [0.15, 0.2) is 18.2 Å². The predicted octanol–water partition coefficient (Wildman–Crippen LogP) is 3.88. The molecule has 78 valence electrons. The maximum absolute atomic E-state index is 6.05. The topological polar surface area (TPSA) is 12.0 Å². The number of halogens is 2. The molecule has 0 radical (unpaired) electrons. The summed E-state index contributed by atoms with van der Waals surface area (Å²) in [5, 5.41) is 4.65. The van der Waals surface area contributed by atoms with E-state index in [2.05, 4.69) is 19.2 Å². The number of rotatable bonds is 4. The summed E-state index contributed by atoms with van der Waals surface area (Å²) in [6.45, 7) is 5.07. The maximum atomic E-state index is 6.05. The lowest BCUT2D eigenvalue weighted by atomic mass is 10.2. The smallest absolute Gasteiger partial charge is 0.0637 e. The van der Waals surface area contributed by atoms with Crippen molar-refractivity contribution in [1.29, 1.82) is 0 Å². The van der Waals surface area contributed by atoms with Gasteiger partial charge in [-0.15, -0.1) is 0 Å². The van der Waals surface area contributed by atoms with E-state index in [1.54, 1.807) is 6.07 Å². The molecule has 0 amide bonds. The SMILES string of the molecule is CC[C@H](C)NCc1cccc(Cl)c1Cl. The second kappa shape index (κ2) is 5.59. The molecule has 14 heavy (non-hydrogen) atoms. The van der Waals surface area contributed by atoms with E-state index < -0.39 is 0 Å². The first kappa shape index (κ1) is 11.8. The Kier molecular flexibility index (Phi) is 4.73. The highest BCUT2D eigenvalue weighted by Gasteiger charge is 2.04. The molecule has 0 aromatic heterocycles. The molecule has 1 atom stereocenters. The van der Waals surface area contributed by atoms with E-state index in [0.29, 0.717) is 16.1 Å². The van der Waals surface area contributed by atoms with Crippen LogP contribution in [0.25, 0.3) is 0 Å². The van der Waals surface area contributed by atoms with Crippen LogP contribution >= 0.6 is 23.2 Å².